The number of nitrogens with two attached hydrogens (primary N) is 1. The van der Waals surface area contributed by atoms with Crippen molar-refractivity contribution < 1.29 is 14.3 Å². The molecule has 0 amide bonds. The van der Waals surface area contributed by atoms with Crippen LogP contribution in [-0.2, 0) is 4.79 Å². The second-order valence-corrected chi connectivity index (χ2v) is 3.13. The molecule has 0 aromatic carbocycles. The van der Waals surface area contributed by atoms with Crippen LogP contribution < -0.4 is 5.73 Å². The third-order valence-electron chi connectivity index (χ3n) is 1.90. The zero-order valence-electron chi connectivity index (χ0n) is 7.30. The van der Waals surface area contributed by atoms with Gasteiger partial charge in [0.15, 0.2) is 5.22 Å². The molecule has 0 aliphatic heterocycles. The highest BCUT2D eigenvalue weighted by Crippen LogP contribution is 2.29. The van der Waals surface area contributed by atoms with E-state index in [1.165, 1.54) is 0 Å². The maximum Gasteiger partial charge on any atom is 0.325 e. The lowest BCUT2D eigenvalue weighted by atomic mass is 10.1. The number of hydrogen-bond donors (Lipinski definition) is 2. The van der Waals surface area contributed by atoms with E-state index in [9.17, 15) is 4.79 Å². The first-order chi connectivity index (χ1) is 5.95. The molecule has 0 saturated carbocycles. The normalized spacial score (nSPS) is 12.9. The minimum Gasteiger partial charge on any atom is -0.480 e. The molecule has 0 aliphatic carbocycles. The van der Waals surface area contributed by atoms with Gasteiger partial charge in [0.05, 0.1) is 0 Å². The van der Waals surface area contributed by atoms with Crippen LogP contribution >= 0.6 is 11.6 Å². The molecule has 0 spiro atoms. The Morgan fingerprint density at radius 1 is 1.62 bits per heavy atom. The van der Waals surface area contributed by atoms with Crippen molar-refractivity contribution in [3.63, 3.8) is 0 Å². The van der Waals surface area contributed by atoms with Crippen LogP contribution in [0.1, 0.15) is 22.9 Å². The summed E-state index contributed by atoms with van der Waals surface area (Å²) in [6.07, 6.45) is 0. The predicted octanol–water partition coefficient (Wildman–Crippen LogP) is 1.63. The van der Waals surface area contributed by atoms with Crippen molar-refractivity contribution in [3.05, 3.63) is 22.1 Å². The van der Waals surface area contributed by atoms with Crippen LogP contribution in [0.5, 0.6) is 0 Å². The molecule has 0 fully saturated rings. The lowest BCUT2D eigenvalue weighted by Crippen LogP contribution is -2.21. The number of hydrogen-bond acceptors (Lipinski definition) is 3. The predicted molar refractivity (Wildman–Crippen MR) is 47.8 cm³/mol. The lowest BCUT2D eigenvalue weighted by molar-refractivity contribution is -0.138. The summed E-state index contributed by atoms with van der Waals surface area (Å²) < 4.78 is 5.04. The van der Waals surface area contributed by atoms with Crippen molar-refractivity contribution in [1.29, 1.82) is 0 Å². The smallest absolute Gasteiger partial charge is 0.325 e. The van der Waals surface area contributed by atoms with E-state index in [1.54, 1.807) is 13.8 Å². The first-order valence-electron chi connectivity index (χ1n) is 3.69. The number of aryl methyl sites for hydroxylation is 1. The maximum atomic E-state index is 10.6. The number of carboxylic acids is 1. The van der Waals surface area contributed by atoms with Crippen LogP contribution in [0, 0.1) is 13.8 Å². The number of carbonyl (C=O) groups is 1. The molecule has 0 saturated heterocycles. The summed E-state index contributed by atoms with van der Waals surface area (Å²) in [6.45, 7) is 3.31. The zero-order chi connectivity index (χ0) is 10.2. The van der Waals surface area contributed by atoms with E-state index >= 15 is 0 Å². The monoisotopic (exact) mass is 203 g/mol. The first-order valence-corrected chi connectivity index (χ1v) is 4.06. The quantitative estimate of drug-likeness (QED) is 0.766. The molecule has 1 aromatic heterocycles. The number of halogens is 1. The first kappa shape index (κ1) is 10.1. The summed E-state index contributed by atoms with van der Waals surface area (Å²) in [6, 6.07) is -1.07. The fourth-order valence-electron chi connectivity index (χ4n) is 1.21. The number of rotatable bonds is 2. The van der Waals surface area contributed by atoms with Crippen LogP contribution in [0.25, 0.3) is 0 Å². The third kappa shape index (κ3) is 1.68. The van der Waals surface area contributed by atoms with Crippen molar-refractivity contribution in [2.45, 2.75) is 19.9 Å². The third-order valence-corrected chi connectivity index (χ3v) is 2.26. The van der Waals surface area contributed by atoms with Crippen LogP contribution in [0.2, 0.25) is 5.22 Å². The summed E-state index contributed by atoms with van der Waals surface area (Å²) in [7, 11) is 0. The van der Waals surface area contributed by atoms with Gasteiger partial charge in [-0.15, -0.1) is 0 Å². The molecule has 1 heterocycles. The van der Waals surface area contributed by atoms with Crippen LogP contribution in [0.3, 0.4) is 0 Å². The van der Waals surface area contributed by atoms with Gasteiger partial charge in [-0.3, -0.25) is 4.79 Å². The van der Waals surface area contributed by atoms with Gasteiger partial charge in [0.25, 0.3) is 0 Å². The lowest BCUT2D eigenvalue weighted by Gasteiger charge is -2.05. The molecule has 13 heavy (non-hydrogen) atoms. The Bertz CT molecular complexity index is 345. The Morgan fingerprint density at radius 2 is 2.15 bits per heavy atom. The highest BCUT2D eigenvalue weighted by atomic mass is 35.5. The molecule has 5 heteroatoms. The Hall–Kier alpha value is -1.00. The van der Waals surface area contributed by atoms with E-state index in [0.29, 0.717) is 16.9 Å². The molecule has 0 bridgehead atoms. The van der Waals surface area contributed by atoms with Gasteiger partial charge >= 0.3 is 5.97 Å². The average Bonchev–Trinajstić information content (AvgIpc) is 2.26. The van der Waals surface area contributed by atoms with Gasteiger partial charge in [0.1, 0.15) is 11.8 Å². The summed E-state index contributed by atoms with van der Waals surface area (Å²) in [5.74, 6) is -0.638. The molecule has 1 unspecified atom stereocenters. The number of carboxylic acid groups (broad SMARTS) is 1. The van der Waals surface area contributed by atoms with Gasteiger partial charge in [0, 0.05) is 11.1 Å². The molecular formula is C8H10ClNO3. The molecule has 1 rings (SSSR count). The fraction of sp³-hybridized carbons (Fsp3) is 0.375. The molecule has 0 aliphatic rings. The Balaban J connectivity index is 3.20. The highest BCUT2D eigenvalue weighted by molar-refractivity contribution is 6.29. The summed E-state index contributed by atoms with van der Waals surface area (Å²) in [4.78, 5) is 10.6. The second-order valence-electron chi connectivity index (χ2n) is 2.79. The van der Waals surface area contributed by atoms with Crippen LogP contribution in [-0.4, -0.2) is 11.1 Å². The van der Waals surface area contributed by atoms with E-state index in [-0.39, 0.29) is 5.22 Å². The molecule has 72 valence electrons. The average molecular weight is 204 g/mol. The van der Waals surface area contributed by atoms with E-state index in [2.05, 4.69) is 0 Å². The minimum absolute atomic E-state index is 0.198. The highest BCUT2D eigenvalue weighted by Gasteiger charge is 2.23. The zero-order valence-corrected chi connectivity index (χ0v) is 8.05. The molecule has 3 N–H and O–H groups in total. The topological polar surface area (TPSA) is 76.5 Å². The van der Waals surface area contributed by atoms with Crippen molar-refractivity contribution in [2.75, 3.05) is 0 Å². The van der Waals surface area contributed by atoms with Gasteiger partial charge in [-0.05, 0) is 25.4 Å². The van der Waals surface area contributed by atoms with Crippen LogP contribution in [0.4, 0.5) is 0 Å². The summed E-state index contributed by atoms with van der Waals surface area (Å²) >= 11 is 5.67. The van der Waals surface area contributed by atoms with Crippen LogP contribution in [0.15, 0.2) is 4.42 Å². The van der Waals surface area contributed by atoms with Gasteiger partial charge < -0.3 is 15.3 Å². The molecule has 1 aromatic rings. The largest absolute Gasteiger partial charge is 0.480 e. The van der Waals surface area contributed by atoms with E-state index in [4.69, 9.17) is 26.9 Å². The van der Waals surface area contributed by atoms with Gasteiger partial charge in [-0.25, -0.2) is 0 Å². The molecule has 4 nitrogen and oxygen atoms in total. The Kier molecular flexibility index (Phi) is 2.63. The summed E-state index contributed by atoms with van der Waals surface area (Å²) in [5.41, 5.74) is 6.48. The van der Waals surface area contributed by atoms with E-state index < -0.39 is 12.0 Å². The van der Waals surface area contributed by atoms with Gasteiger partial charge in [-0.2, -0.15) is 0 Å². The molecule has 1 atom stereocenters. The molecular weight excluding hydrogens is 194 g/mol. The van der Waals surface area contributed by atoms with Crippen molar-refractivity contribution in [2.24, 2.45) is 5.73 Å². The maximum absolute atomic E-state index is 10.6. The standard InChI is InChI=1S/C8H10ClNO3/c1-3-5(6(10)8(11)12)4(2)13-7(3)9/h6H,10H2,1-2H3,(H,11,12). The molecule has 0 radical (unpaired) electrons. The van der Waals surface area contributed by atoms with Gasteiger partial charge in [0.2, 0.25) is 0 Å². The van der Waals surface area contributed by atoms with E-state index in [1.807, 2.05) is 0 Å². The summed E-state index contributed by atoms with van der Waals surface area (Å²) in [5, 5.41) is 8.88. The second kappa shape index (κ2) is 3.40. The number of aliphatic carboxylic acids is 1. The van der Waals surface area contributed by atoms with Gasteiger partial charge in [-0.1, -0.05) is 0 Å². The SMILES string of the molecule is Cc1oc(Cl)c(C)c1C(N)C(=O)O. The van der Waals surface area contributed by atoms with Crippen molar-refractivity contribution in [1.82, 2.24) is 0 Å². The Labute approximate surface area is 80.3 Å². The van der Waals surface area contributed by atoms with Crippen molar-refractivity contribution in [3.8, 4) is 0 Å². The van der Waals surface area contributed by atoms with Crippen molar-refractivity contribution >= 4 is 17.6 Å². The Morgan fingerprint density at radius 3 is 2.46 bits per heavy atom. The minimum atomic E-state index is -1.09. The number of furan rings is 1. The fourth-order valence-corrected chi connectivity index (χ4v) is 1.43. The van der Waals surface area contributed by atoms with E-state index in [0.717, 1.165) is 0 Å².